The molecule has 0 spiro atoms. The summed E-state index contributed by atoms with van der Waals surface area (Å²) < 4.78 is 24.5. The van der Waals surface area contributed by atoms with Gasteiger partial charge in [0.05, 0.1) is 17.3 Å². The van der Waals surface area contributed by atoms with Crippen molar-refractivity contribution in [2.45, 2.75) is 13.0 Å². The van der Waals surface area contributed by atoms with E-state index in [2.05, 4.69) is 4.98 Å². The Morgan fingerprint density at radius 1 is 1.42 bits per heavy atom. The zero-order valence-electron chi connectivity index (χ0n) is 10.7. The van der Waals surface area contributed by atoms with Crippen LogP contribution in [0.5, 0.6) is 0 Å². The Labute approximate surface area is 116 Å². The predicted octanol–water partition coefficient (Wildman–Crippen LogP) is 0.167. The maximum Gasteiger partial charge on any atom is 0.273 e. The second-order valence-corrected chi connectivity index (χ2v) is 8.16. The Kier molecular flexibility index (Phi) is 2.91. The highest BCUT2D eigenvalue weighted by molar-refractivity contribution is 7.88. The van der Waals surface area contributed by atoms with Gasteiger partial charge in [0.25, 0.3) is 5.91 Å². The monoisotopic (exact) mass is 301 g/mol. The predicted molar refractivity (Wildman–Crippen MR) is 71.6 cm³/mol. The highest BCUT2D eigenvalue weighted by atomic mass is 32.2. The van der Waals surface area contributed by atoms with Crippen LogP contribution in [0.3, 0.4) is 0 Å². The maximum absolute atomic E-state index is 12.2. The molecule has 1 aromatic rings. The summed E-state index contributed by atoms with van der Waals surface area (Å²) in [5.41, 5.74) is 0.471. The average molecular weight is 301 g/mol. The number of amides is 1. The summed E-state index contributed by atoms with van der Waals surface area (Å²) >= 11 is 1.45. The number of aromatic nitrogens is 1. The summed E-state index contributed by atoms with van der Waals surface area (Å²) in [4.78, 5) is 18.2. The number of nitrogens with zero attached hydrogens (tertiary/aromatic N) is 3. The van der Waals surface area contributed by atoms with Crippen LogP contribution in [-0.2, 0) is 10.0 Å². The van der Waals surface area contributed by atoms with Crippen molar-refractivity contribution in [3.63, 3.8) is 0 Å². The summed E-state index contributed by atoms with van der Waals surface area (Å²) in [6.07, 6.45) is 1.22. The number of likely N-dealkylation sites (tertiary alicyclic amines) is 1. The van der Waals surface area contributed by atoms with Gasteiger partial charge in [-0.2, -0.15) is 4.31 Å². The van der Waals surface area contributed by atoms with Crippen molar-refractivity contribution in [1.29, 1.82) is 0 Å². The smallest absolute Gasteiger partial charge is 0.273 e. The van der Waals surface area contributed by atoms with Crippen LogP contribution in [0.25, 0.3) is 0 Å². The lowest BCUT2D eigenvalue weighted by Gasteiger charge is -2.43. The van der Waals surface area contributed by atoms with Gasteiger partial charge in [-0.1, -0.05) is 0 Å². The number of aryl methyl sites for hydroxylation is 1. The molecule has 0 aliphatic carbocycles. The molecular formula is C11H15N3O3S2. The van der Waals surface area contributed by atoms with E-state index in [0.717, 1.165) is 5.01 Å². The topological polar surface area (TPSA) is 70.6 Å². The van der Waals surface area contributed by atoms with E-state index in [1.165, 1.54) is 21.9 Å². The maximum atomic E-state index is 12.2. The minimum Gasteiger partial charge on any atom is -0.332 e. The van der Waals surface area contributed by atoms with Crippen LogP contribution in [0, 0.1) is 12.8 Å². The summed E-state index contributed by atoms with van der Waals surface area (Å²) in [6.45, 7) is 3.44. The van der Waals surface area contributed by atoms with Crippen molar-refractivity contribution in [3.8, 4) is 0 Å². The first-order chi connectivity index (χ1) is 8.86. The molecule has 0 bridgehead atoms. The van der Waals surface area contributed by atoms with Gasteiger partial charge < -0.3 is 4.90 Å². The van der Waals surface area contributed by atoms with Crippen LogP contribution in [-0.4, -0.2) is 60.4 Å². The third kappa shape index (κ3) is 2.17. The van der Waals surface area contributed by atoms with E-state index in [1.54, 1.807) is 10.3 Å². The lowest BCUT2D eigenvalue weighted by Crippen LogP contribution is -2.58. The van der Waals surface area contributed by atoms with Gasteiger partial charge in [-0.05, 0) is 6.92 Å². The largest absolute Gasteiger partial charge is 0.332 e. The van der Waals surface area contributed by atoms with Gasteiger partial charge >= 0.3 is 0 Å². The molecule has 6 nitrogen and oxygen atoms in total. The van der Waals surface area contributed by atoms with Gasteiger partial charge in [-0.15, -0.1) is 11.3 Å². The molecule has 1 aromatic heterocycles. The number of thiazole rings is 1. The molecule has 0 radical (unpaired) electrons. The van der Waals surface area contributed by atoms with Crippen LogP contribution in [0.15, 0.2) is 5.38 Å². The van der Waals surface area contributed by atoms with Crippen LogP contribution < -0.4 is 0 Å². The number of hydrogen-bond donors (Lipinski definition) is 0. The molecular weight excluding hydrogens is 286 g/mol. The van der Waals surface area contributed by atoms with Gasteiger partial charge in [-0.25, -0.2) is 13.4 Å². The first-order valence-electron chi connectivity index (χ1n) is 6.04. The van der Waals surface area contributed by atoms with Crippen molar-refractivity contribution in [2.24, 2.45) is 5.92 Å². The van der Waals surface area contributed by atoms with Crippen molar-refractivity contribution >= 4 is 27.3 Å². The molecule has 3 rings (SSSR count). The normalized spacial score (nSPS) is 27.2. The SMILES string of the molecule is Cc1nc(C(=O)N2C[C@@H]3CN(S(C)(=O)=O)C[C@@H]32)cs1. The Morgan fingerprint density at radius 2 is 2.16 bits per heavy atom. The molecule has 104 valence electrons. The van der Waals surface area contributed by atoms with Crippen molar-refractivity contribution < 1.29 is 13.2 Å². The molecule has 2 atom stereocenters. The third-order valence-corrected chi connectivity index (χ3v) is 5.78. The van der Waals surface area contributed by atoms with E-state index >= 15 is 0 Å². The molecule has 0 aromatic carbocycles. The van der Waals surface area contributed by atoms with E-state index in [4.69, 9.17) is 0 Å². The average Bonchev–Trinajstić information content (AvgIpc) is 2.83. The molecule has 2 aliphatic rings. The fourth-order valence-corrected chi connectivity index (χ4v) is 4.18. The highest BCUT2D eigenvalue weighted by Crippen LogP contribution is 2.34. The molecule has 0 N–H and O–H groups in total. The number of carbonyl (C=O) groups excluding carboxylic acids is 1. The van der Waals surface area contributed by atoms with Gasteiger partial charge in [-0.3, -0.25) is 4.79 Å². The zero-order chi connectivity index (χ0) is 13.8. The number of sulfonamides is 1. The molecule has 2 saturated heterocycles. The van der Waals surface area contributed by atoms with Gasteiger partial charge in [0.2, 0.25) is 10.0 Å². The van der Waals surface area contributed by atoms with Crippen LogP contribution in [0.2, 0.25) is 0 Å². The summed E-state index contributed by atoms with van der Waals surface area (Å²) in [6, 6.07) is 0.0178. The fraction of sp³-hybridized carbons (Fsp3) is 0.636. The Morgan fingerprint density at radius 3 is 2.74 bits per heavy atom. The van der Waals surface area contributed by atoms with E-state index in [-0.39, 0.29) is 17.9 Å². The lowest BCUT2D eigenvalue weighted by atomic mass is 9.92. The molecule has 19 heavy (non-hydrogen) atoms. The zero-order valence-corrected chi connectivity index (χ0v) is 12.4. The molecule has 0 saturated carbocycles. The second kappa shape index (κ2) is 4.26. The van der Waals surface area contributed by atoms with Crippen molar-refractivity contribution in [2.75, 3.05) is 25.9 Å². The number of fused-ring (bicyclic) bond motifs is 1. The summed E-state index contributed by atoms with van der Waals surface area (Å²) in [5, 5.41) is 2.62. The number of hydrogen-bond acceptors (Lipinski definition) is 5. The standard InChI is InChI=1S/C11H15N3O3S2/c1-7-12-9(6-18-7)11(15)14-4-8-3-13(5-10(8)14)19(2,16)17/h6,8,10H,3-5H2,1-2H3/t8-,10-/m0/s1. The lowest BCUT2D eigenvalue weighted by molar-refractivity contribution is 0.0322. The molecule has 0 unspecified atom stereocenters. The minimum atomic E-state index is -3.16. The number of carbonyl (C=O) groups is 1. The fourth-order valence-electron chi connectivity index (χ4n) is 2.71. The van der Waals surface area contributed by atoms with E-state index in [0.29, 0.717) is 25.3 Å². The first-order valence-corrected chi connectivity index (χ1v) is 8.77. The van der Waals surface area contributed by atoms with E-state index in [9.17, 15) is 13.2 Å². The first kappa shape index (κ1) is 13.0. The van der Waals surface area contributed by atoms with Crippen molar-refractivity contribution in [1.82, 2.24) is 14.2 Å². The van der Waals surface area contributed by atoms with E-state index < -0.39 is 10.0 Å². The Bertz CT molecular complexity index is 625. The molecule has 2 aliphatic heterocycles. The van der Waals surface area contributed by atoms with Crippen molar-refractivity contribution in [3.05, 3.63) is 16.1 Å². The summed E-state index contributed by atoms with van der Waals surface area (Å²) in [7, 11) is -3.16. The second-order valence-electron chi connectivity index (χ2n) is 5.12. The third-order valence-electron chi connectivity index (χ3n) is 3.77. The van der Waals surface area contributed by atoms with Crippen LogP contribution in [0.4, 0.5) is 0 Å². The van der Waals surface area contributed by atoms with Gasteiger partial charge in [0.1, 0.15) is 5.69 Å². The van der Waals surface area contributed by atoms with Crippen LogP contribution >= 0.6 is 11.3 Å². The van der Waals surface area contributed by atoms with E-state index in [1.807, 2.05) is 6.92 Å². The van der Waals surface area contributed by atoms with Gasteiger partial charge in [0.15, 0.2) is 0 Å². The molecule has 2 fully saturated rings. The Hall–Kier alpha value is -0.990. The molecule has 1 amide bonds. The summed E-state index contributed by atoms with van der Waals surface area (Å²) in [5.74, 6) is 0.194. The van der Waals surface area contributed by atoms with Crippen LogP contribution in [0.1, 0.15) is 15.5 Å². The van der Waals surface area contributed by atoms with Gasteiger partial charge in [0, 0.05) is 30.9 Å². The minimum absolute atomic E-state index is 0.0178. The highest BCUT2D eigenvalue weighted by Gasteiger charge is 2.50. The quantitative estimate of drug-likeness (QED) is 0.780. The molecule has 8 heteroatoms. The Balaban J connectivity index is 1.72. The number of rotatable bonds is 2. The molecule has 3 heterocycles.